The van der Waals surface area contributed by atoms with Gasteiger partial charge in [-0.05, 0) is 33.2 Å². The highest BCUT2D eigenvalue weighted by atomic mass is 16.5. The zero-order chi connectivity index (χ0) is 10.4. The molecule has 0 aromatic heterocycles. The highest BCUT2D eigenvalue weighted by molar-refractivity contribution is 4.81. The van der Waals surface area contributed by atoms with E-state index in [1.807, 2.05) is 0 Å². The molecule has 1 aliphatic carbocycles. The van der Waals surface area contributed by atoms with E-state index in [2.05, 4.69) is 26.2 Å². The third-order valence-electron chi connectivity index (χ3n) is 3.18. The van der Waals surface area contributed by atoms with Crippen molar-refractivity contribution in [3.8, 4) is 0 Å². The number of likely N-dealkylation sites (N-methyl/N-ethyl adjacent to an activating group) is 1. The molecule has 0 spiro atoms. The molecule has 14 heavy (non-hydrogen) atoms. The summed E-state index contributed by atoms with van der Waals surface area (Å²) in [5.74, 6) is 0. The van der Waals surface area contributed by atoms with Crippen molar-refractivity contribution in [2.24, 2.45) is 0 Å². The summed E-state index contributed by atoms with van der Waals surface area (Å²) in [5, 5.41) is 3.38. The fourth-order valence-electron chi connectivity index (χ4n) is 2.36. The van der Waals surface area contributed by atoms with Crippen LogP contribution in [0.3, 0.4) is 0 Å². The van der Waals surface area contributed by atoms with Crippen LogP contribution in [-0.4, -0.2) is 25.3 Å². The van der Waals surface area contributed by atoms with Gasteiger partial charge in [-0.2, -0.15) is 0 Å². The second kappa shape index (κ2) is 6.41. The normalized spacial score (nSPS) is 30.2. The predicted molar refractivity (Wildman–Crippen MR) is 60.6 cm³/mol. The van der Waals surface area contributed by atoms with E-state index in [1.165, 1.54) is 38.5 Å². The van der Waals surface area contributed by atoms with Crippen molar-refractivity contribution in [2.75, 3.05) is 7.05 Å². The third-order valence-corrected chi connectivity index (χ3v) is 3.18. The van der Waals surface area contributed by atoms with Crippen LogP contribution in [0.1, 0.15) is 52.4 Å². The molecule has 2 heteroatoms. The molecule has 3 atom stereocenters. The van der Waals surface area contributed by atoms with Gasteiger partial charge in [-0.1, -0.05) is 26.2 Å². The largest absolute Gasteiger partial charge is 0.374 e. The number of hydrogen-bond donors (Lipinski definition) is 1. The maximum absolute atomic E-state index is 6.07. The minimum absolute atomic E-state index is 0.430. The molecular weight excluding hydrogens is 174 g/mol. The van der Waals surface area contributed by atoms with E-state index >= 15 is 0 Å². The molecule has 0 heterocycles. The Morgan fingerprint density at radius 2 is 2.07 bits per heavy atom. The van der Waals surface area contributed by atoms with Crippen molar-refractivity contribution in [3.63, 3.8) is 0 Å². The van der Waals surface area contributed by atoms with Crippen LogP contribution < -0.4 is 5.32 Å². The Balaban J connectivity index is 2.32. The monoisotopic (exact) mass is 199 g/mol. The van der Waals surface area contributed by atoms with Crippen LogP contribution in [0.2, 0.25) is 0 Å². The topological polar surface area (TPSA) is 21.3 Å². The van der Waals surface area contributed by atoms with E-state index in [4.69, 9.17) is 4.74 Å². The molecule has 0 bridgehead atoms. The van der Waals surface area contributed by atoms with Crippen LogP contribution in [0, 0.1) is 0 Å². The van der Waals surface area contributed by atoms with Crippen molar-refractivity contribution in [1.82, 2.24) is 5.32 Å². The molecule has 1 rings (SSSR count). The average molecular weight is 199 g/mol. The molecule has 2 nitrogen and oxygen atoms in total. The van der Waals surface area contributed by atoms with Gasteiger partial charge in [0, 0.05) is 6.04 Å². The first-order valence-electron chi connectivity index (χ1n) is 6.10. The Bertz CT molecular complexity index is 149. The Hall–Kier alpha value is -0.0800. The van der Waals surface area contributed by atoms with Gasteiger partial charge in [-0.25, -0.2) is 0 Å². The van der Waals surface area contributed by atoms with Crippen molar-refractivity contribution < 1.29 is 4.74 Å². The molecule has 1 N–H and O–H groups in total. The molecule has 1 fully saturated rings. The Morgan fingerprint density at radius 1 is 1.36 bits per heavy atom. The molecule has 0 radical (unpaired) electrons. The maximum atomic E-state index is 6.07. The number of hydrogen-bond acceptors (Lipinski definition) is 2. The summed E-state index contributed by atoms with van der Waals surface area (Å²) in [7, 11) is 2.05. The summed E-state index contributed by atoms with van der Waals surface area (Å²) in [4.78, 5) is 0. The second-order valence-corrected chi connectivity index (χ2v) is 4.45. The Labute approximate surface area is 88.4 Å². The van der Waals surface area contributed by atoms with Crippen LogP contribution in [0.4, 0.5) is 0 Å². The summed E-state index contributed by atoms with van der Waals surface area (Å²) in [6.07, 6.45) is 8.49. The average Bonchev–Trinajstić information content (AvgIpc) is 2.19. The molecule has 0 aromatic carbocycles. The zero-order valence-electron chi connectivity index (χ0n) is 9.88. The van der Waals surface area contributed by atoms with Gasteiger partial charge in [0.25, 0.3) is 0 Å². The molecule has 0 aromatic rings. The van der Waals surface area contributed by atoms with Gasteiger partial charge in [0.05, 0.1) is 12.2 Å². The molecule has 0 aliphatic heterocycles. The van der Waals surface area contributed by atoms with Gasteiger partial charge in [0.1, 0.15) is 0 Å². The number of ether oxygens (including phenoxy) is 1. The summed E-state index contributed by atoms with van der Waals surface area (Å²) in [6.45, 7) is 4.42. The SMILES string of the molecule is CCCC(C)OC1CCCCC1NC. The van der Waals surface area contributed by atoms with Gasteiger partial charge >= 0.3 is 0 Å². The molecule has 0 amide bonds. The minimum atomic E-state index is 0.430. The van der Waals surface area contributed by atoms with Crippen LogP contribution in [0.25, 0.3) is 0 Å². The molecule has 0 saturated heterocycles. The van der Waals surface area contributed by atoms with Crippen molar-refractivity contribution in [2.45, 2.75) is 70.6 Å². The lowest BCUT2D eigenvalue weighted by molar-refractivity contribution is -0.0405. The van der Waals surface area contributed by atoms with Crippen LogP contribution in [0.5, 0.6) is 0 Å². The quantitative estimate of drug-likeness (QED) is 0.735. The van der Waals surface area contributed by atoms with E-state index in [0.29, 0.717) is 18.2 Å². The van der Waals surface area contributed by atoms with Gasteiger partial charge in [0.2, 0.25) is 0 Å². The molecular formula is C12H25NO. The molecule has 1 saturated carbocycles. The smallest absolute Gasteiger partial charge is 0.0731 e. The number of nitrogens with one attached hydrogen (secondary N) is 1. The highest BCUT2D eigenvalue weighted by Crippen LogP contribution is 2.22. The first-order chi connectivity index (χ1) is 6.77. The first-order valence-corrected chi connectivity index (χ1v) is 6.10. The summed E-state index contributed by atoms with van der Waals surface area (Å²) < 4.78 is 6.07. The van der Waals surface area contributed by atoms with Crippen molar-refractivity contribution >= 4 is 0 Å². The minimum Gasteiger partial charge on any atom is -0.374 e. The summed E-state index contributed by atoms with van der Waals surface area (Å²) in [6, 6.07) is 0.586. The second-order valence-electron chi connectivity index (χ2n) is 4.45. The lowest BCUT2D eigenvalue weighted by Gasteiger charge is -2.33. The van der Waals surface area contributed by atoms with Crippen LogP contribution in [0.15, 0.2) is 0 Å². The van der Waals surface area contributed by atoms with Crippen LogP contribution in [-0.2, 0) is 4.74 Å². The highest BCUT2D eigenvalue weighted by Gasteiger charge is 2.25. The predicted octanol–water partition coefficient (Wildman–Crippen LogP) is 2.72. The van der Waals surface area contributed by atoms with Gasteiger partial charge in [-0.15, -0.1) is 0 Å². The first kappa shape index (κ1) is 12.0. The van der Waals surface area contributed by atoms with Gasteiger partial charge in [-0.3, -0.25) is 0 Å². The van der Waals surface area contributed by atoms with Gasteiger partial charge < -0.3 is 10.1 Å². The Morgan fingerprint density at radius 3 is 2.71 bits per heavy atom. The lowest BCUT2D eigenvalue weighted by Crippen LogP contribution is -2.43. The van der Waals surface area contributed by atoms with E-state index in [-0.39, 0.29) is 0 Å². The third kappa shape index (κ3) is 3.58. The van der Waals surface area contributed by atoms with Crippen molar-refractivity contribution in [3.05, 3.63) is 0 Å². The van der Waals surface area contributed by atoms with E-state index in [1.54, 1.807) is 0 Å². The fourth-order valence-corrected chi connectivity index (χ4v) is 2.36. The fraction of sp³-hybridized carbons (Fsp3) is 1.00. The van der Waals surface area contributed by atoms with E-state index in [0.717, 1.165) is 0 Å². The molecule has 84 valence electrons. The standard InChI is InChI=1S/C12H25NO/c1-4-7-10(2)14-12-9-6-5-8-11(12)13-3/h10-13H,4-9H2,1-3H3. The van der Waals surface area contributed by atoms with Crippen molar-refractivity contribution in [1.29, 1.82) is 0 Å². The number of rotatable bonds is 5. The maximum Gasteiger partial charge on any atom is 0.0731 e. The van der Waals surface area contributed by atoms with Gasteiger partial charge in [0.15, 0.2) is 0 Å². The van der Waals surface area contributed by atoms with E-state index < -0.39 is 0 Å². The summed E-state index contributed by atoms with van der Waals surface area (Å²) >= 11 is 0. The molecule has 3 unspecified atom stereocenters. The summed E-state index contributed by atoms with van der Waals surface area (Å²) in [5.41, 5.74) is 0. The molecule has 1 aliphatic rings. The van der Waals surface area contributed by atoms with Crippen LogP contribution >= 0.6 is 0 Å². The lowest BCUT2D eigenvalue weighted by atomic mass is 9.92. The van der Waals surface area contributed by atoms with E-state index in [9.17, 15) is 0 Å². The Kier molecular flexibility index (Phi) is 5.49. The zero-order valence-corrected chi connectivity index (χ0v) is 9.88.